The number of halogens is 1. The van der Waals surface area contributed by atoms with Crippen molar-refractivity contribution in [1.82, 2.24) is 4.98 Å². The Morgan fingerprint density at radius 3 is 2.54 bits per heavy atom. The molecule has 0 spiro atoms. The van der Waals surface area contributed by atoms with Gasteiger partial charge in [-0.3, -0.25) is 14.3 Å². The largest absolute Gasteiger partial charge is 0.460 e. The molecule has 0 aliphatic heterocycles. The maximum Gasteiger partial charge on any atom is 0.310 e. The van der Waals surface area contributed by atoms with Gasteiger partial charge in [-0.05, 0) is 57.0 Å². The van der Waals surface area contributed by atoms with Crippen LogP contribution in [-0.4, -0.2) is 25.0 Å². The molecule has 9 heteroatoms. The molecular formula is C19H23ClN2O5S. The monoisotopic (exact) mass is 426 g/mol. The standard InChI is InChI=1S/C19H23ClN2O5S/c1-12-8-14(10-16(23)27-19(2,3)4)17(18(24)21-12)22-28(25,26)11-13-6-5-7-15(20)9-13/h5-9,22H,10-11H2,1-4H3,(H,21,24). The third kappa shape index (κ3) is 6.69. The summed E-state index contributed by atoms with van der Waals surface area (Å²) in [7, 11) is -3.91. The Morgan fingerprint density at radius 2 is 1.93 bits per heavy atom. The first kappa shape index (κ1) is 22.0. The van der Waals surface area contributed by atoms with E-state index in [9.17, 15) is 18.0 Å². The van der Waals surface area contributed by atoms with Crippen molar-refractivity contribution in [1.29, 1.82) is 0 Å². The van der Waals surface area contributed by atoms with Gasteiger partial charge in [-0.25, -0.2) is 8.42 Å². The fourth-order valence-electron chi connectivity index (χ4n) is 2.58. The third-order valence-electron chi connectivity index (χ3n) is 3.51. The Morgan fingerprint density at radius 1 is 1.25 bits per heavy atom. The van der Waals surface area contributed by atoms with Crippen LogP contribution in [-0.2, 0) is 31.7 Å². The quantitative estimate of drug-likeness (QED) is 0.690. The lowest BCUT2D eigenvalue weighted by Gasteiger charge is -2.20. The van der Waals surface area contributed by atoms with Gasteiger partial charge in [0.2, 0.25) is 10.0 Å². The summed E-state index contributed by atoms with van der Waals surface area (Å²) in [5.41, 5.74) is -0.310. The first-order valence-corrected chi connectivity index (χ1v) is 10.6. The molecule has 0 unspecified atom stereocenters. The van der Waals surface area contributed by atoms with E-state index in [4.69, 9.17) is 16.3 Å². The average Bonchev–Trinajstić information content (AvgIpc) is 2.48. The smallest absolute Gasteiger partial charge is 0.310 e. The summed E-state index contributed by atoms with van der Waals surface area (Å²) in [5, 5.41) is 0.409. The van der Waals surface area contributed by atoms with E-state index in [1.54, 1.807) is 52.0 Å². The second-order valence-corrected chi connectivity index (χ2v) is 9.59. The lowest BCUT2D eigenvalue weighted by Crippen LogP contribution is -2.27. The Bertz CT molecular complexity index is 1040. The van der Waals surface area contributed by atoms with Crippen LogP contribution in [0.5, 0.6) is 0 Å². The predicted molar refractivity (Wildman–Crippen MR) is 109 cm³/mol. The SMILES string of the molecule is Cc1cc(CC(=O)OC(C)(C)C)c(NS(=O)(=O)Cc2cccc(Cl)c2)c(=O)[nH]1. The zero-order valence-electron chi connectivity index (χ0n) is 16.1. The van der Waals surface area contributed by atoms with Gasteiger partial charge in [-0.15, -0.1) is 0 Å². The first-order valence-electron chi connectivity index (χ1n) is 8.54. The number of H-pyrrole nitrogens is 1. The van der Waals surface area contributed by atoms with Crippen LogP contribution in [0.25, 0.3) is 0 Å². The summed E-state index contributed by atoms with van der Waals surface area (Å²) in [6, 6.07) is 7.96. The van der Waals surface area contributed by atoms with E-state index in [1.165, 1.54) is 6.07 Å². The number of carbonyl (C=O) groups is 1. The van der Waals surface area contributed by atoms with Crippen LogP contribution in [0.15, 0.2) is 35.1 Å². The van der Waals surface area contributed by atoms with Gasteiger partial charge in [0, 0.05) is 10.7 Å². The highest BCUT2D eigenvalue weighted by molar-refractivity contribution is 7.91. The van der Waals surface area contributed by atoms with Crippen molar-refractivity contribution in [3.05, 3.63) is 62.5 Å². The van der Waals surface area contributed by atoms with Gasteiger partial charge in [-0.2, -0.15) is 0 Å². The number of hydrogen-bond acceptors (Lipinski definition) is 5. The number of benzene rings is 1. The fraction of sp³-hybridized carbons (Fsp3) is 0.368. The van der Waals surface area contributed by atoms with Crippen LogP contribution in [0, 0.1) is 6.92 Å². The molecule has 2 N–H and O–H groups in total. The van der Waals surface area contributed by atoms with Gasteiger partial charge < -0.3 is 9.72 Å². The lowest BCUT2D eigenvalue weighted by atomic mass is 10.1. The van der Waals surface area contributed by atoms with Crippen molar-refractivity contribution >= 4 is 33.3 Å². The van der Waals surface area contributed by atoms with Crippen molar-refractivity contribution in [2.24, 2.45) is 0 Å². The van der Waals surface area contributed by atoms with Crippen LogP contribution in [0.2, 0.25) is 5.02 Å². The van der Waals surface area contributed by atoms with E-state index in [0.29, 0.717) is 16.3 Å². The highest BCUT2D eigenvalue weighted by atomic mass is 35.5. The minimum atomic E-state index is -3.91. The fourth-order valence-corrected chi connectivity index (χ4v) is 4.02. The molecule has 1 aromatic carbocycles. The number of nitrogens with one attached hydrogen (secondary N) is 2. The highest BCUT2D eigenvalue weighted by Gasteiger charge is 2.22. The van der Waals surface area contributed by atoms with E-state index >= 15 is 0 Å². The van der Waals surface area contributed by atoms with E-state index in [1.807, 2.05) is 0 Å². The number of ether oxygens (including phenoxy) is 1. The zero-order chi connectivity index (χ0) is 21.1. The maximum absolute atomic E-state index is 12.6. The third-order valence-corrected chi connectivity index (χ3v) is 4.97. The van der Waals surface area contributed by atoms with Crippen LogP contribution in [0.4, 0.5) is 5.69 Å². The molecule has 0 radical (unpaired) electrons. The van der Waals surface area contributed by atoms with Crippen LogP contribution < -0.4 is 10.3 Å². The molecule has 2 aromatic rings. The molecule has 0 saturated carbocycles. The minimum Gasteiger partial charge on any atom is -0.460 e. The molecule has 1 aromatic heterocycles. The van der Waals surface area contributed by atoms with Gasteiger partial charge in [0.25, 0.3) is 5.56 Å². The second kappa shape index (κ2) is 8.36. The normalized spacial score (nSPS) is 11.9. The Balaban J connectivity index is 2.31. The molecule has 7 nitrogen and oxygen atoms in total. The number of rotatable bonds is 6. The lowest BCUT2D eigenvalue weighted by molar-refractivity contribution is -0.153. The molecule has 1 heterocycles. The van der Waals surface area contributed by atoms with Crippen molar-refractivity contribution in [3.8, 4) is 0 Å². The van der Waals surface area contributed by atoms with Gasteiger partial charge in [0.05, 0.1) is 12.2 Å². The van der Waals surface area contributed by atoms with Gasteiger partial charge in [-0.1, -0.05) is 23.7 Å². The molecular weight excluding hydrogens is 404 g/mol. The molecule has 28 heavy (non-hydrogen) atoms. The number of hydrogen-bond donors (Lipinski definition) is 2. The number of esters is 1. The molecule has 2 rings (SSSR count). The second-order valence-electron chi connectivity index (χ2n) is 7.44. The van der Waals surface area contributed by atoms with E-state index in [0.717, 1.165) is 0 Å². The van der Waals surface area contributed by atoms with Crippen LogP contribution >= 0.6 is 11.6 Å². The average molecular weight is 427 g/mol. The Kier molecular flexibility index (Phi) is 6.56. The van der Waals surface area contributed by atoms with Gasteiger partial charge in [0.15, 0.2) is 0 Å². The van der Waals surface area contributed by atoms with Gasteiger partial charge in [0.1, 0.15) is 11.3 Å². The van der Waals surface area contributed by atoms with Crippen molar-refractivity contribution < 1.29 is 17.9 Å². The summed E-state index contributed by atoms with van der Waals surface area (Å²) in [6.07, 6.45) is -0.239. The molecule has 0 aliphatic rings. The Hall–Kier alpha value is -2.32. The first-order chi connectivity index (χ1) is 12.8. The van der Waals surface area contributed by atoms with E-state index < -0.39 is 27.2 Å². The molecule has 152 valence electrons. The zero-order valence-corrected chi connectivity index (χ0v) is 17.7. The summed E-state index contributed by atoms with van der Waals surface area (Å²) >= 11 is 5.89. The number of sulfonamides is 1. The van der Waals surface area contributed by atoms with E-state index in [2.05, 4.69) is 9.71 Å². The van der Waals surface area contributed by atoms with Crippen LogP contribution in [0.3, 0.4) is 0 Å². The summed E-state index contributed by atoms with van der Waals surface area (Å²) < 4.78 is 32.7. The highest BCUT2D eigenvalue weighted by Crippen LogP contribution is 2.19. The summed E-state index contributed by atoms with van der Waals surface area (Å²) in [5.74, 6) is -0.931. The Labute approximate surface area is 169 Å². The molecule has 0 fully saturated rings. The number of carbonyl (C=O) groups excluding carboxylic acids is 1. The minimum absolute atomic E-state index is 0.196. The summed E-state index contributed by atoms with van der Waals surface area (Å²) in [6.45, 7) is 6.82. The number of aromatic nitrogens is 1. The van der Waals surface area contributed by atoms with Crippen molar-refractivity contribution in [3.63, 3.8) is 0 Å². The molecule has 0 saturated heterocycles. The predicted octanol–water partition coefficient (Wildman–Crippen LogP) is 3.16. The number of aromatic amines is 1. The molecule has 0 atom stereocenters. The van der Waals surface area contributed by atoms with E-state index in [-0.39, 0.29) is 23.4 Å². The molecule has 0 amide bonds. The topological polar surface area (TPSA) is 105 Å². The number of pyridine rings is 1. The molecule has 0 bridgehead atoms. The number of anilines is 1. The van der Waals surface area contributed by atoms with Gasteiger partial charge >= 0.3 is 5.97 Å². The van der Waals surface area contributed by atoms with Crippen molar-refractivity contribution in [2.45, 2.75) is 45.5 Å². The molecule has 0 aliphatic carbocycles. The number of aryl methyl sites for hydroxylation is 1. The summed E-state index contributed by atoms with van der Waals surface area (Å²) in [4.78, 5) is 27.1. The van der Waals surface area contributed by atoms with Crippen molar-refractivity contribution in [2.75, 3.05) is 4.72 Å². The van der Waals surface area contributed by atoms with Crippen LogP contribution in [0.1, 0.15) is 37.6 Å². The maximum atomic E-state index is 12.6.